The molecular formula is C30H40N6O2SSi. The van der Waals surface area contributed by atoms with Crippen molar-refractivity contribution in [3.63, 3.8) is 0 Å². The van der Waals surface area contributed by atoms with Gasteiger partial charge in [0.05, 0.1) is 23.0 Å². The van der Waals surface area contributed by atoms with Gasteiger partial charge in [0, 0.05) is 35.4 Å². The van der Waals surface area contributed by atoms with Crippen molar-refractivity contribution < 1.29 is 9.16 Å². The van der Waals surface area contributed by atoms with Crippen LogP contribution in [0, 0.1) is 6.92 Å². The van der Waals surface area contributed by atoms with Crippen molar-refractivity contribution in [1.82, 2.24) is 19.9 Å². The summed E-state index contributed by atoms with van der Waals surface area (Å²) in [6.45, 7) is 16.3. The lowest BCUT2D eigenvalue weighted by Crippen LogP contribution is -2.44. The number of benzene rings is 1. The van der Waals surface area contributed by atoms with Crippen LogP contribution < -0.4 is 15.0 Å². The van der Waals surface area contributed by atoms with E-state index in [-0.39, 0.29) is 11.1 Å². The van der Waals surface area contributed by atoms with Crippen LogP contribution in [-0.2, 0) is 17.3 Å². The van der Waals surface area contributed by atoms with Gasteiger partial charge in [-0.25, -0.2) is 15.0 Å². The zero-order chi connectivity index (χ0) is 28.1. The number of nitrogens with one attached hydrogen (secondary N) is 2. The van der Waals surface area contributed by atoms with Gasteiger partial charge < -0.3 is 24.4 Å². The molecule has 4 aromatic rings. The van der Waals surface area contributed by atoms with Gasteiger partial charge in [-0.15, -0.1) is 11.3 Å². The molecule has 0 saturated carbocycles. The summed E-state index contributed by atoms with van der Waals surface area (Å²) in [5.41, 5.74) is 3.98. The van der Waals surface area contributed by atoms with Crippen LogP contribution in [0.2, 0.25) is 18.1 Å². The SMILES string of the molecule is Cc1ncc(-c2nc(N[C@@H]3CCc4[nH]c5ccccc5c4C3)c3c(n2)N(CCO[Si](C)(C)C(C)(C)C)CCO3)s1. The van der Waals surface area contributed by atoms with Crippen molar-refractivity contribution >= 4 is 42.2 Å². The molecule has 0 bridgehead atoms. The van der Waals surface area contributed by atoms with E-state index in [2.05, 4.69) is 78.3 Å². The first kappa shape index (κ1) is 27.2. The molecule has 1 aliphatic heterocycles. The highest BCUT2D eigenvalue weighted by Gasteiger charge is 2.37. The molecule has 212 valence electrons. The molecule has 40 heavy (non-hydrogen) atoms. The average Bonchev–Trinajstić information content (AvgIpc) is 3.51. The Balaban J connectivity index is 1.29. The summed E-state index contributed by atoms with van der Waals surface area (Å²) in [4.78, 5) is 21.4. The number of aromatic nitrogens is 4. The van der Waals surface area contributed by atoms with Crippen LogP contribution in [0.1, 0.15) is 43.5 Å². The molecular weight excluding hydrogens is 537 g/mol. The Kier molecular flexibility index (Phi) is 7.12. The summed E-state index contributed by atoms with van der Waals surface area (Å²) >= 11 is 1.62. The summed E-state index contributed by atoms with van der Waals surface area (Å²) < 4.78 is 12.8. The van der Waals surface area contributed by atoms with Crippen LogP contribution in [0.25, 0.3) is 21.6 Å². The molecule has 6 rings (SSSR count). The molecule has 0 saturated heterocycles. The second-order valence-corrected chi connectivity index (χ2v) is 18.5. The Morgan fingerprint density at radius 1 is 1.23 bits per heavy atom. The van der Waals surface area contributed by atoms with Crippen LogP contribution in [-0.4, -0.2) is 60.6 Å². The van der Waals surface area contributed by atoms with Crippen molar-refractivity contribution in [1.29, 1.82) is 0 Å². The Labute approximate surface area is 241 Å². The van der Waals surface area contributed by atoms with Gasteiger partial charge in [-0.1, -0.05) is 39.0 Å². The summed E-state index contributed by atoms with van der Waals surface area (Å²) in [5.74, 6) is 3.05. The molecule has 1 aliphatic carbocycles. The molecule has 0 unspecified atom stereocenters. The molecule has 0 amide bonds. The van der Waals surface area contributed by atoms with Gasteiger partial charge in [0.2, 0.25) is 5.75 Å². The van der Waals surface area contributed by atoms with E-state index in [1.165, 1.54) is 22.2 Å². The van der Waals surface area contributed by atoms with Gasteiger partial charge in [-0.3, -0.25) is 0 Å². The molecule has 4 heterocycles. The molecule has 10 heteroatoms. The van der Waals surface area contributed by atoms with Gasteiger partial charge in [-0.05, 0) is 55.9 Å². The van der Waals surface area contributed by atoms with Crippen LogP contribution >= 0.6 is 11.3 Å². The van der Waals surface area contributed by atoms with Crippen LogP contribution in [0.15, 0.2) is 30.5 Å². The minimum atomic E-state index is -1.84. The molecule has 2 N–H and O–H groups in total. The van der Waals surface area contributed by atoms with Gasteiger partial charge in [-0.2, -0.15) is 0 Å². The predicted molar refractivity (Wildman–Crippen MR) is 166 cm³/mol. The van der Waals surface area contributed by atoms with Crippen molar-refractivity contribution in [2.75, 3.05) is 36.5 Å². The minimum Gasteiger partial charge on any atom is -0.485 e. The molecule has 0 spiro atoms. The van der Waals surface area contributed by atoms with Gasteiger partial charge in [0.1, 0.15) is 6.61 Å². The maximum Gasteiger partial charge on any atom is 0.204 e. The number of nitrogens with zero attached hydrogens (tertiary/aromatic N) is 4. The third kappa shape index (κ3) is 5.24. The average molecular weight is 577 g/mol. The lowest BCUT2D eigenvalue weighted by Gasteiger charge is -2.37. The third-order valence-electron chi connectivity index (χ3n) is 8.66. The van der Waals surface area contributed by atoms with Crippen molar-refractivity contribution in [3.8, 4) is 16.5 Å². The van der Waals surface area contributed by atoms with E-state index >= 15 is 0 Å². The number of hydrogen-bond acceptors (Lipinski definition) is 8. The fourth-order valence-electron chi connectivity index (χ4n) is 5.35. The number of thiazole rings is 1. The topological polar surface area (TPSA) is 88.2 Å². The van der Waals surface area contributed by atoms with Gasteiger partial charge in [0.25, 0.3) is 0 Å². The Bertz CT molecular complexity index is 1520. The zero-order valence-corrected chi connectivity index (χ0v) is 26.2. The fraction of sp³-hybridized carbons (Fsp3) is 0.500. The number of anilines is 2. The minimum absolute atomic E-state index is 0.178. The third-order valence-corrected chi connectivity index (χ3v) is 14.1. The van der Waals surface area contributed by atoms with Gasteiger partial charge >= 0.3 is 0 Å². The molecule has 0 radical (unpaired) electrons. The molecule has 0 fully saturated rings. The number of para-hydroxylation sites is 1. The number of H-pyrrole nitrogens is 1. The largest absolute Gasteiger partial charge is 0.485 e. The molecule has 1 aromatic carbocycles. The molecule has 3 aromatic heterocycles. The van der Waals surface area contributed by atoms with Crippen LogP contribution in [0.3, 0.4) is 0 Å². The Morgan fingerprint density at radius 3 is 2.83 bits per heavy atom. The van der Waals surface area contributed by atoms with E-state index in [0.717, 1.165) is 59.6 Å². The number of fused-ring (bicyclic) bond motifs is 4. The first-order chi connectivity index (χ1) is 19.1. The zero-order valence-electron chi connectivity index (χ0n) is 24.4. The lowest BCUT2D eigenvalue weighted by atomic mass is 9.91. The highest BCUT2D eigenvalue weighted by molar-refractivity contribution is 7.14. The number of aromatic amines is 1. The Hall–Kier alpha value is -2.95. The van der Waals surface area contributed by atoms with E-state index in [0.29, 0.717) is 19.0 Å². The second-order valence-electron chi connectivity index (χ2n) is 12.4. The van der Waals surface area contributed by atoms with E-state index in [9.17, 15) is 0 Å². The summed E-state index contributed by atoms with van der Waals surface area (Å²) in [6.07, 6.45) is 4.85. The van der Waals surface area contributed by atoms with E-state index < -0.39 is 8.32 Å². The maximum absolute atomic E-state index is 6.53. The highest BCUT2D eigenvalue weighted by atomic mass is 32.1. The second kappa shape index (κ2) is 10.5. The quantitative estimate of drug-likeness (QED) is 0.240. The van der Waals surface area contributed by atoms with Crippen LogP contribution in [0.5, 0.6) is 5.75 Å². The maximum atomic E-state index is 6.53. The number of ether oxygens (including phenoxy) is 1. The van der Waals surface area contributed by atoms with Gasteiger partial charge in [0.15, 0.2) is 25.8 Å². The number of hydrogen-bond donors (Lipinski definition) is 2. The van der Waals surface area contributed by atoms with E-state index in [1.54, 1.807) is 11.3 Å². The molecule has 1 atom stereocenters. The molecule has 2 aliphatic rings. The van der Waals surface area contributed by atoms with Crippen LogP contribution in [0.4, 0.5) is 11.6 Å². The number of rotatable bonds is 7. The first-order valence-corrected chi connectivity index (χ1v) is 18.0. The highest BCUT2D eigenvalue weighted by Crippen LogP contribution is 2.41. The summed E-state index contributed by atoms with van der Waals surface area (Å²) in [6, 6.07) is 8.85. The predicted octanol–water partition coefficient (Wildman–Crippen LogP) is 6.58. The van der Waals surface area contributed by atoms with Crippen molar-refractivity contribution in [3.05, 3.63) is 46.7 Å². The summed E-state index contributed by atoms with van der Waals surface area (Å²) in [5, 5.41) is 6.28. The fourth-order valence-corrected chi connectivity index (χ4v) is 7.10. The van der Waals surface area contributed by atoms with E-state index in [4.69, 9.17) is 19.1 Å². The van der Waals surface area contributed by atoms with Crippen molar-refractivity contribution in [2.45, 2.75) is 71.1 Å². The smallest absolute Gasteiger partial charge is 0.204 e. The normalized spacial score (nSPS) is 17.4. The van der Waals surface area contributed by atoms with E-state index in [1.807, 2.05) is 13.1 Å². The monoisotopic (exact) mass is 576 g/mol. The standard InChI is InChI=1S/C30H40N6O2SSi/c1-19-31-18-25(39-19)27-34-28(32-20-11-12-24-22(17-20)21-9-7-8-10-23(21)33-24)26-29(35-27)36(13-15-37-26)14-16-38-40(5,6)30(2,3)4/h7-10,18,20,33H,11-17H2,1-6H3,(H,32,34,35)/t20-/m1/s1. The molecule has 8 nitrogen and oxygen atoms in total. The first-order valence-electron chi connectivity index (χ1n) is 14.3. The Morgan fingerprint density at radius 2 is 2.05 bits per heavy atom. The lowest BCUT2D eigenvalue weighted by molar-refractivity contribution is 0.274. The number of aryl methyl sites for hydroxylation is 2. The summed E-state index contributed by atoms with van der Waals surface area (Å²) in [7, 11) is -1.84. The van der Waals surface area contributed by atoms with Crippen molar-refractivity contribution in [2.24, 2.45) is 0 Å².